The molecule has 21 heavy (non-hydrogen) atoms. The van der Waals surface area contributed by atoms with Gasteiger partial charge in [-0.3, -0.25) is 4.90 Å². The number of nitrogens with zero attached hydrogens (tertiary/aromatic N) is 2. The molecular formula is C14H21N3O2S2. The molecule has 2 atom stereocenters. The number of piperazine rings is 1. The summed E-state index contributed by atoms with van der Waals surface area (Å²) >= 11 is 4.88. The summed E-state index contributed by atoms with van der Waals surface area (Å²) < 4.78 is 27.0. The summed E-state index contributed by atoms with van der Waals surface area (Å²) in [5.74, 6) is 0. The van der Waals surface area contributed by atoms with Crippen molar-refractivity contribution in [3.8, 4) is 0 Å². The maximum Gasteiger partial charge on any atom is 0.243 e. The highest BCUT2D eigenvalue weighted by molar-refractivity contribution is 7.89. The molecule has 1 aliphatic rings. The molecule has 2 unspecified atom stereocenters. The number of hydrogen-bond acceptors (Lipinski definition) is 4. The molecule has 1 saturated heterocycles. The Morgan fingerprint density at radius 2 is 1.67 bits per heavy atom. The van der Waals surface area contributed by atoms with Crippen LogP contribution in [0.2, 0.25) is 0 Å². The normalized spacial score (nSPS) is 24.9. The molecule has 0 aliphatic carbocycles. The van der Waals surface area contributed by atoms with Gasteiger partial charge in [-0.2, -0.15) is 4.31 Å². The molecule has 1 aliphatic heterocycles. The van der Waals surface area contributed by atoms with Crippen LogP contribution in [0.25, 0.3) is 0 Å². The third-order valence-electron chi connectivity index (χ3n) is 4.10. The fourth-order valence-electron chi connectivity index (χ4n) is 2.49. The molecule has 0 bridgehead atoms. The van der Waals surface area contributed by atoms with Crippen molar-refractivity contribution in [2.75, 3.05) is 20.1 Å². The van der Waals surface area contributed by atoms with E-state index in [9.17, 15) is 8.42 Å². The van der Waals surface area contributed by atoms with Gasteiger partial charge in [0.05, 0.1) is 4.90 Å². The quantitative estimate of drug-likeness (QED) is 0.840. The van der Waals surface area contributed by atoms with E-state index >= 15 is 0 Å². The lowest BCUT2D eigenvalue weighted by molar-refractivity contribution is 0.105. The lowest BCUT2D eigenvalue weighted by Gasteiger charge is -2.41. The minimum absolute atomic E-state index is 0.194. The fraction of sp³-hybridized carbons (Fsp3) is 0.500. The van der Waals surface area contributed by atoms with E-state index < -0.39 is 10.0 Å². The number of thiocarbonyl (C=S) groups is 1. The van der Waals surface area contributed by atoms with E-state index in [4.69, 9.17) is 18.0 Å². The summed E-state index contributed by atoms with van der Waals surface area (Å²) in [6.45, 7) is 5.07. The predicted molar refractivity (Wildman–Crippen MR) is 87.8 cm³/mol. The van der Waals surface area contributed by atoms with Gasteiger partial charge in [-0.25, -0.2) is 8.42 Å². The van der Waals surface area contributed by atoms with Crippen LogP contribution in [0.5, 0.6) is 0 Å². The molecule has 0 radical (unpaired) electrons. The van der Waals surface area contributed by atoms with Gasteiger partial charge in [0.2, 0.25) is 10.0 Å². The van der Waals surface area contributed by atoms with Crippen molar-refractivity contribution in [2.24, 2.45) is 5.73 Å². The Morgan fingerprint density at radius 1 is 1.19 bits per heavy atom. The van der Waals surface area contributed by atoms with Crippen molar-refractivity contribution in [2.45, 2.75) is 30.8 Å². The second-order valence-corrected chi connectivity index (χ2v) is 7.95. The molecule has 2 rings (SSSR count). The van der Waals surface area contributed by atoms with Gasteiger partial charge in [-0.15, -0.1) is 0 Å². The van der Waals surface area contributed by atoms with Crippen molar-refractivity contribution >= 4 is 27.2 Å². The van der Waals surface area contributed by atoms with Gasteiger partial charge in [0.1, 0.15) is 4.99 Å². The second-order valence-electron chi connectivity index (χ2n) is 5.57. The molecule has 1 fully saturated rings. The van der Waals surface area contributed by atoms with Gasteiger partial charge < -0.3 is 5.73 Å². The fourth-order valence-corrected chi connectivity index (χ4v) is 4.23. The standard InChI is InChI=1S/C14H21N3O2S2/c1-10-8-17(9-11(2)16(10)3)21(18,19)13-6-4-12(5-7-13)14(15)20/h4-7,10-11H,8-9H2,1-3H3,(H2,15,20). The Labute approximate surface area is 131 Å². The van der Waals surface area contributed by atoms with Crippen LogP contribution in [0.3, 0.4) is 0 Å². The van der Waals surface area contributed by atoms with Crippen LogP contribution in [0.15, 0.2) is 29.2 Å². The molecule has 0 spiro atoms. The average molecular weight is 327 g/mol. The minimum atomic E-state index is -3.47. The number of hydrogen-bond donors (Lipinski definition) is 1. The summed E-state index contributed by atoms with van der Waals surface area (Å²) in [5, 5.41) is 0. The zero-order valence-electron chi connectivity index (χ0n) is 12.5. The molecule has 7 heteroatoms. The van der Waals surface area contributed by atoms with Crippen LogP contribution in [0.4, 0.5) is 0 Å². The third-order valence-corrected chi connectivity index (χ3v) is 6.18. The molecule has 1 heterocycles. The number of sulfonamides is 1. The van der Waals surface area contributed by atoms with Gasteiger partial charge >= 0.3 is 0 Å². The topological polar surface area (TPSA) is 66.6 Å². The highest BCUT2D eigenvalue weighted by Crippen LogP contribution is 2.22. The van der Waals surface area contributed by atoms with Gasteiger partial charge in [0, 0.05) is 30.7 Å². The van der Waals surface area contributed by atoms with E-state index in [1.807, 2.05) is 20.9 Å². The smallest absolute Gasteiger partial charge is 0.243 e. The summed E-state index contributed by atoms with van der Waals surface area (Å²) in [5.41, 5.74) is 6.20. The Balaban J connectivity index is 2.27. The summed E-state index contributed by atoms with van der Waals surface area (Å²) in [4.78, 5) is 2.74. The average Bonchev–Trinajstić information content (AvgIpc) is 2.44. The molecule has 2 N–H and O–H groups in total. The Hall–Kier alpha value is -1.02. The van der Waals surface area contributed by atoms with Crippen LogP contribution in [0, 0.1) is 0 Å². The van der Waals surface area contributed by atoms with Crippen molar-refractivity contribution in [3.63, 3.8) is 0 Å². The zero-order valence-corrected chi connectivity index (χ0v) is 14.1. The van der Waals surface area contributed by atoms with Gasteiger partial charge in [0.25, 0.3) is 0 Å². The Bertz CT molecular complexity index is 616. The Morgan fingerprint density at radius 3 is 2.10 bits per heavy atom. The lowest BCUT2D eigenvalue weighted by Crippen LogP contribution is -2.56. The predicted octanol–water partition coefficient (Wildman–Crippen LogP) is 1.03. The van der Waals surface area contributed by atoms with E-state index in [1.165, 1.54) is 0 Å². The first-order chi connectivity index (χ1) is 9.73. The molecule has 0 aromatic heterocycles. The van der Waals surface area contributed by atoms with Crippen molar-refractivity contribution in [1.82, 2.24) is 9.21 Å². The van der Waals surface area contributed by atoms with Crippen LogP contribution < -0.4 is 5.73 Å². The van der Waals surface area contributed by atoms with E-state index in [-0.39, 0.29) is 22.0 Å². The minimum Gasteiger partial charge on any atom is -0.389 e. The summed E-state index contributed by atoms with van der Waals surface area (Å²) in [6.07, 6.45) is 0. The van der Waals surface area contributed by atoms with E-state index in [0.717, 1.165) is 0 Å². The van der Waals surface area contributed by atoms with E-state index in [1.54, 1.807) is 28.6 Å². The summed E-state index contributed by atoms with van der Waals surface area (Å²) in [6, 6.07) is 6.82. The molecule has 1 aromatic rings. The van der Waals surface area contributed by atoms with Crippen LogP contribution in [-0.2, 0) is 10.0 Å². The molecule has 5 nitrogen and oxygen atoms in total. The Kier molecular flexibility index (Phi) is 4.67. The third kappa shape index (κ3) is 3.26. The number of rotatable bonds is 3. The van der Waals surface area contributed by atoms with Gasteiger partial charge in [-0.05, 0) is 33.0 Å². The van der Waals surface area contributed by atoms with Crippen molar-refractivity contribution < 1.29 is 8.42 Å². The second kappa shape index (κ2) is 6.00. The van der Waals surface area contributed by atoms with Crippen LogP contribution in [0.1, 0.15) is 19.4 Å². The first-order valence-corrected chi connectivity index (χ1v) is 8.70. The van der Waals surface area contributed by atoms with E-state index in [0.29, 0.717) is 18.7 Å². The first kappa shape index (κ1) is 16.4. The van der Waals surface area contributed by atoms with Crippen LogP contribution >= 0.6 is 12.2 Å². The highest BCUT2D eigenvalue weighted by Gasteiger charge is 2.34. The monoisotopic (exact) mass is 327 g/mol. The van der Waals surface area contributed by atoms with Gasteiger partial charge in [0.15, 0.2) is 0 Å². The maximum absolute atomic E-state index is 12.7. The maximum atomic E-state index is 12.7. The van der Waals surface area contributed by atoms with Crippen molar-refractivity contribution in [3.05, 3.63) is 29.8 Å². The molecule has 116 valence electrons. The zero-order chi connectivity index (χ0) is 15.8. The number of benzene rings is 1. The molecular weight excluding hydrogens is 306 g/mol. The van der Waals surface area contributed by atoms with E-state index in [2.05, 4.69) is 4.90 Å². The highest BCUT2D eigenvalue weighted by atomic mass is 32.2. The first-order valence-electron chi connectivity index (χ1n) is 6.85. The molecule has 1 aromatic carbocycles. The van der Waals surface area contributed by atoms with Gasteiger partial charge in [-0.1, -0.05) is 24.4 Å². The van der Waals surface area contributed by atoms with Crippen LogP contribution in [-0.4, -0.2) is 54.8 Å². The number of likely N-dealkylation sites (N-methyl/N-ethyl adjacent to an activating group) is 1. The number of nitrogens with two attached hydrogens (primary N) is 1. The van der Waals surface area contributed by atoms with Crippen molar-refractivity contribution in [1.29, 1.82) is 0 Å². The molecule has 0 amide bonds. The lowest BCUT2D eigenvalue weighted by atomic mass is 10.1. The summed E-state index contributed by atoms with van der Waals surface area (Å²) in [7, 11) is -1.45. The SMILES string of the molecule is CC1CN(S(=O)(=O)c2ccc(C(N)=S)cc2)CC(C)N1C. The largest absolute Gasteiger partial charge is 0.389 e. The molecule has 0 saturated carbocycles.